The number of rotatable bonds is 7. The van der Waals surface area contributed by atoms with Crippen molar-refractivity contribution in [2.75, 3.05) is 6.54 Å². The van der Waals surface area contributed by atoms with Crippen molar-refractivity contribution in [3.05, 3.63) is 0 Å². The van der Waals surface area contributed by atoms with Crippen LogP contribution in [-0.2, 0) is 0 Å². The summed E-state index contributed by atoms with van der Waals surface area (Å²) in [5.41, 5.74) is 0. The molecule has 14 heavy (non-hydrogen) atoms. The van der Waals surface area contributed by atoms with Crippen LogP contribution in [0.1, 0.15) is 53.4 Å². The largest absolute Gasteiger partial charge is 0.286 e. The van der Waals surface area contributed by atoms with Crippen molar-refractivity contribution in [3.63, 3.8) is 0 Å². The van der Waals surface area contributed by atoms with Crippen molar-refractivity contribution in [2.24, 2.45) is 0 Å². The van der Waals surface area contributed by atoms with Gasteiger partial charge in [-0.2, -0.15) is 5.26 Å². The summed E-state index contributed by atoms with van der Waals surface area (Å²) >= 11 is 0. The third-order valence-electron chi connectivity index (χ3n) is 2.62. The highest BCUT2D eigenvalue weighted by Crippen LogP contribution is 2.10. The van der Waals surface area contributed by atoms with Gasteiger partial charge in [-0.3, -0.25) is 4.90 Å². The van der Waals surface area contributed by atoms with Crippen molar-refractivity contribution in [2.45, 2.75) is 65.5 Å². The fraction of sp³-hybridized carbons (Fsp3) is 0.917. The van der Waals surface area contributed by atoms with Gasteiger partial charge in [-0.1, -0.05) is 26.7 Å². The zero-order valence-electron chi connectivity index (χ0n) is 10.1. The highest BCUT2D eigenvalue weighted by molar-refractivity contribution is 4.91. The summed E-state index contributed by atoms with van der Waals surface area (Å²) in [4.78, 5) is 2.32. The maximum Gasteiger partial charge on any atom is 0.0977 e. The van der Waals surface area contributed by atoms with Gasteiger partial charge in [-0.25, -0.2) is 0 Å². The Hall–Kier alpha value is -0.550. The van der Waals surface area contributed by atoms with E-state index in [1.807, 2.05) is 0 Å². The van der Waals surface area contributed by atoms with Gasteiger partial charge >= 0.3 is 0 Å². The van der Waals surface area contributed by atoms with E-state index in [-0.39, 0.29) is 6.04 Å². The molecule has 0 heterocycles. The first-order valence-electron chi connectivity index (χ1n) is 5.82. The van der Waals surface area contributed by atoms with Gasteiger partial charge in [0, 0.05) is 6.04 Å². The van der Waals surface area contributed by atoms with Crippen LogP contribution in [0.4, 0.5) is 0 Å². The van der Waals surface area contributed by atoms with E-state index < -0.39 is 0 Å². The van der Waals surface area contributed by atoms with Gasteiger partial charge in [0.25, 0.3) is 0 Å². The zero-order valence-corrected chi connectivity index (χ0v) is 10.1. The summed E-state index contributed by atoms with van der Waals surface area (Å²) in [7, 11) is 0. The van der Waals surface area contributed by atoms with Crippen molar-refractivity contribution >= 4 is 0 Å². The molecule has 0 saturated carbocycles. The second-order valence-corrected chi connectivity index (χ2v) is 4.09. The Labute approximate surface area is 88.9 Å². The van der Waals surface area contributed by atoms with Crippen LogP contribution >= 0.6 is 0 Å². The number of nitriles is 1. The first-order chi connectivity index (χ1) is 6.67. The van der Waals surface area contributed by atoms with Gasteiger partial charge in [0.15, 0.2) is 0 Å². The molecule has 2 heteroatoms. The highest BCUT2D eigenvalue weighted by atomic mass is 15.2. The van der Waals surface area contributed by atoms with Crippen LogP contribution in [0.15, 0.2) is 0 Å². The molecule has 0 aromatic heterocycles. The molecule has 0 aromatic carbocycles. The summed E-state index contributed by atoms with van der Waals surface area (Å²) in [6.07, 6.45) is 4.66. The van der Waals surface area contributed by atoms with Gasteiger partial charge in [0.2, 0.25) is 0 Å². The number of nitrogens with zero attached hydrogens (tertiary/aromatic N) is 2. The van der Waals surface area contributed by atoms with Gasteiger partial charge in [0.1, 0.15) is 0 Å². The Morgan fingerprint density at radius 1 is 1.21 bits per heavy atom. The Morgan fingerprint density at radius 2 is 1.86 bits per heavy atom. The lowest BCUT2D eigenvalue weighted by atomic mass is 10.1. The van der Waals surface area contributed by atoms with Crippen LogP contribution in [0.5, 0.6) is 0 Å². The molecule has 0 rings (SSSR count). The van der Waals surface area contributed by atoms with E-state index in [0.717, 1.165) is 13.0 Å². The minimum Gasteiger partial charge on any atom is -0.286 e. The molecule has 1 atom stereocenters. The van der Waals surface area contributed by atoms with E-state index in [2.05, 4.69) is 38.7 Å². The summed E-state index contributed by atoms with van der Waals surface area (Å²) in [6.45, 7) is 9.71. The fourth-order valence-corrected chi connectivity index (χ4v) is 1.72. The Balaban J connectivity index is 4.08. The molecule has 0 spiro atoms. The quantitative estimate of drug-likeness (QED) is 0.585. The smallest absolute Gasteiger partial charge is 0.0977 e. The molecular weight excluding hydrogens is 172 g/mol. The van der Waals surface area contributed by atoms with Crippen LogP contribution < -0.4 is 0 Å². The average Bonchev–Trinajstić information content (AvgIpc) is 2.17. The molecule has 1 unspecified atom stereocenters. The molecule has 0 aliphatic carbocycles. The highest BCUT2D eigenvalue weighted by Gasteiger charge is 2.18. The van der Waals surface area contributed by atoms with Crippen molar-refractivity contribution in [1.82, 2.24) is 4.90 Å². The Bertz CT molecular complexity index is 170. The second-order valence-electron chi connectivity index (χ2n) is 4.09. The topological polar surface area (TPSA) is 27.0 Å². The van der Waals surface area contributed by atoms with Crippen molar-refractivity contribution in [1.29, 1.82) is 5.26 Å². The summed E-state index contributed by atoms with van der Waals surface area (Å²) in [5, 5.41) is 9.01. The van der Waals surface area contributed by atoms with Crippen molar-refractivity contribution < 1.29 is 0 Å². The van der Waals surface area contributed by atoms with Crippen LogP contribution in [0.2, 0.25) is 0 Å². The second kappa shape index (κ2) is 7.82. The first kappa shape index (κ1) is 13.4. The van der Waals surface area contributed by atoms with Crippen LogP contribution in [0.3, 0.4) is 0 Å². The predicted molar refractivity (Wildman–Crippen MR) is 61.1 cm³/mol. The molecule has 0 aliphatic rings. The normalized spacial score (nSPS) is 13.2. The van der Waals surface area contributed by atoms with E-state index in [1.165, 1.54) is 19.3 Å². The standard InChI is InChI=1S/C12H24N2/c1-5-7-8-9-14(11(3)4)12(6-2)10-13/h11-12H,5-9H2,1-4H3. The number of hydrogen-bond donors (Lipinski definition) is 0. The van der Waals surface area contributed by atoms with E-state index in [4.69, 9.17) is 5.26 Å². The van der Waals surface area contributed by atoms with E-state index in [1.54, 1.807) is 0 Å². The molecule has 0 radical (unpaired) electrons. The third kappa shape index (κ3) is 4.62. The molecule has 0 saturated heterocycles. The van der Waals surface area contributed by atoms with E-state index in [9.17, 15) is 0 Å². The lowest BCUT2D eigenvalue weighted by Crippen LogP contribution is -2.40. The molecule has 0 N–H and O–H groups in total. The summed E-state index contributed by atoms with van der Waals surface area (Å²) in [5.74, 6) is 0. The molecule has 0 amide bonds. The maximum atomic E-state index is 9.01. The Morgan fingerprint density at radius 3 is 2.21 bits per heavy atom. The Kier molecular flexibility index (Phi) is 7.51. The lowest BCUT2D eigenvalue weighted by molar-refractivity contribution is 0.178. The molecule has 82 valence electrons. The monoisotopic (exact) mass is 196 g/mol. The predicted octanol–water partition coefficient (Wildman–Crippen LogP) is 3.19. The maximum absolute atomic E-state index is 9.01. The summed E-state index contributed by atoms with van der Waals surface area (Å²) < 4.78 is 0. The lowest BCUT2D eigenvalue weighted by Gasteiger charge is -2.30. The number of unbranched alkanes of at least 4 members (excludes halogenated alkanes) is 2. The minimum absolute atomic E-state index is 0.104. The number of hydrogen-bond acceptors (Lipinski definition) is 2. The van der Waals surface area contributed by atoms with Crippen molar-refractivity contribution in [3.8, 4) is 6.07 Å². The van der Waals surface area contributed by atoms with Gasteiger partial charge in [0.05, 0.1) is 12.1 Å². The van der Waals surface area contributed by atoms with Crippen LogP contribution in [0, 0.1) is 11.3 Å². The molecule has 0 aromatic rings. The minimum atomic E-state index is 0.104. The zero-order chi connectivity index (χ0) is 11.0. The average molecular weight is 196 g/mol. The van der Waals surface area contributed by atoms with Gasteiger partial charge < -0.3 is 0 Å². The third-order valence-corrected chi connectivity index (χ3v) is 2.62. The molecule has 0 aliphatic heterocycles. The van der Waals surface area contributed by atoms with Gasteiger partial charge in [-0.05, 0) is 33.2 Å². The molecule has 2 nitrogen and oxygen atoms in total. The van der Waals surface area contributed by atoms with Crippen LogP contribution in [-0.4, -0.2) is 23.5 Å². The fourth-order valence-electron chi connectivity index (χ4n) is 1.72. The first-order valence-corrected chi connectivity index (χ1v) is 5.82. The summed E-state index contributed by atoms with van der Waals surface area (Å²) in [6, 6.07) is 2.97. The van der Waals surface area contributed by atoms with E-state index >= 15 is 0 Å². The SMILES string of the molecule is CCCCCN(C(C)C)C(C#N)CC. The molecular formula is C12H24N2. The molecule has 0 bridgehead atoms. The molecule has 0 fully saturated rings. The van der Waals surface area contributed by atoms with E-state index in [0.29, 0.717) is 6.04 Å². The van der Waals surface area contributed by atoms with Gasteiger partial charge in [-0.15, -0.1) is 0 Å². The van der Waals surface area contributed by atoms with Crippen LogP contribution in [0.25, 0.3) is 0 Å².